The molecule has 2 aromatic carbocycles. The van der Waals surface area contributed by atoms with Crippen LogP contribution in [0.3, 0.4) is 0 Å². The second-order valence-corrected chi connectivity index (χ2v) is 5.36. The topological polar surface area (TPSA) is 60.2 Å². The Hall–Kier alpha value is -2.66. The number of methoxy groups -OCH3 is 1. The van der Waals surface area contributed by atoms with Gasteiger partial charge >= 0.3 is 0 Å². The van der Waals surface area contributed by atoms with E-state index in [0.717, 1.165) is 28.3 Å². The molecule has 0 aliphatic heterocycles. The molecule has 0 fully saturated rings. The lowest BCUT2D eigenvalue weighted by atomic mass is 10.1. The molecule has 1 aromatic heterocycles. The quantitative estimate of drug-likeness (QED) is 0.787. The van der Waals surface area contributed by atoms with Crippen molar-refractivity contribution in [3.63, 3.8) is 0 Å². The monoisotopic (exact) mass is 309 g/mol. The van der Waals surface area contributed by atoms with Crippen molar-refractivity contribution in [2.24, 2.45) is 0 Å². The molecule has 0 aliphatic rings. The van der Waals surface area contributed by atoms with Crippen molar-refractivity contribution in [3.8, 4) is 11.4 Å². The summed E-state index contributed by atoms with van der Waals surface area (Å²) in [6, 6.07) is 15.9. The van der Waals surface area contributed by atoms with E-state index in [1.165, 1.54) is 0 Å². The van der Waals surface area contributed by atoms with Crippen molar-refractivity contribution in [2.75, 3.05) is 7.11 Å². The number of aliphatic hydroxyl groups is 1. The average Bonchev–Trinajstić information content (AvgIpc) is 2.98. The van der Waals surface area contributed by atoms with E-state index in [1.807, 2.05) is 60.1 Å². The van der Waals surface area contributed by atoms with E-state index in [1.54, 1.807) is 7.11 Å². The van der Waals surface area contributed by atoms with E-state index in [4.69, 9.17) is 4.74 Å². The van der Waals surface area contributed by atoms with Crippen molar-refractivity contribution < 1.29 is 9.84 Å². The number of benzene rings is 2. The van der Waals surface area contributed by atoms with Crippen molar-refractivity contribution in [1.29, 1.82) is 0 Å². The van der Waals surface area contributed by atoms with Gasteiger partial charge in [0.2, 0.25) is 0 Å². The second kappa shape index (κ2) is 6.62. The highest BCUT2D eigenvalue weighted by Gasteiger charge is 2.15. The fourth-order valence-electron chi connectivity index (χ4n) is 2.56. The van der Waals surface area contributed by atoms with Crippen molar-refractivity contribution in [2.45, 2.75) is 20.0 Å². The van der Waals surface area contributed by atoms with Crippen LogP contribution in [0, 0.1) is 6.92 Å². The smallest absolute Gasteiger partial charge is 0.118 e. The number of nitrogens with zero attached hydrogens (tertiary/aromatic N) is 3. The highest BCUT2D eigenvalue weighted by molar-refractivity contribution is 5.42. The fraction of sp³-hybridized carbons (Fsp3) is 0.222. The molecule has 118 valence electrons. The van der Waals surface area contributed by atoms with Crippen molar-refractivity contribution in [1.82, 2.24) is 15.0 Å². The zero-order valence-corrected chi connectivity index (χ0v) is 13.2. The molecule has 3 aromatic rings. The molecule has 0 bridgehead atoms. The van der Waals surface area contributed by atoms with Gasteiger partial charge in [0.05, 0.1) is 25.1 Å². The molecule has 0 aliphatic carbocycles. The minimum Gasteiger partial charge on any atom is -0.497 e. The lowest BCUT2D eigenvalue weighted by Crippen LogP contribution is -2.06. The number of aliphatic hydroxyl groups excluding tert-OH is 1. The normalized spacial score (nSPS) is 10.7. The van der Waals surface area contributed by atoms with E-state index in [9.17, 15) is 5.11 Å². The van der Waals surface area contributed by atoms with Gasteiger partial charge in [0.25, 0.3) is 0 Å². The maximum absolute atomic E-state index is 9.57. The Morgan fingerprint density at radius 3 is 2.48 bits per heavy atom. The maximum Gasteiger partial charge on any atom is 0.118 e. The lowest BCUT2D eigenvalue weighted by molar-refractivity contribution is 0.275. The Kier molecular flexibility index (Phi) is 4.39. The first-order chi connectivity index (χ1) is 11.2. The first-order valence-corrected chi connectivity index (χ1v) is 7.46. The SMILES string of the molecule is COc1ccc(Cc2c(CO)nnn2-c2ccccc2C)cc1. The van der Waals surface area contributed by atoms with Gasteiger partial charge in [-0.25, -0.2) is 4.68 Å². The average molecular weight is 309 g/mol. The molecule has 1 heterocycles. The first kappa shape index (κ1) is 15.2. The third-order valence-electron chi connectivity index (χ3n) is 3.87. The van der Waals surface area contributed by atoms with Crippen LogP contribution >= 0.6 is 0 Å². The molecule has 5 heteroatoms. The zero-order chi connectivity index (χ0) is 16.2. The summed E-state index contributed by atoms with van der Waals surface area (Å²) in [6.07, 6.45) is 0.640. The van der Waals surface area contributed by atoms with Gasteiger partial charge in [0.1, 0.15) is 11.4 Å². The predicted octanol–water partition coefficient (Wildman–Crippen LogP) is 2.67. The molecule has 5 nitrogen and oxygen atoms in total. The lowest BCUT2D eigenvalue weighted by Gasteiger charge is -2.10. The van der Waals surface area contributed by atoms with Gasteiger partial charge in [-0.15, -0.1) is 5.10 Å². The number of hydrogen-bond donors (Lipinski definition) is 1. The van der Waals surface area contributed by atoms with Crippen LogP contribution in [0.1, 0.15) is 22.5 Å². The molecule has 0 amide bonds. The summed E-state index contributed by atoms with van der Waals surface area (Å²) in [5, 5.41) is 17.9. The van der Waals surface area contributed by atoms with E-state index in [-0.39, 0.29) is 6.61 Å². The molecule has 0 unspecified atom stereocenters. The van der Waals surface area contributed by atoms with Gasteiger partial charge in [-0.3, -0.25) is 0 Å². The summed E-state index contributed by atoms with van der Waals surface area (Å²) in [5.74, 6) is 0.821. The standard InChI is InChI=1S/C18H19N3O2/c1-13-5-3-4-6-17(13)21-18(16(12-22)19-20-21)11-14-7-9-15(23-2)10-8-14/h3-10,22H,11-12H2,1-2H3. The van der Waals surface area contributed by atoms with Gasteiger partial charge in [0, 0.05) is 6.42 Å². The van der Waals surface area contributed by atoms with E-state index in [0.29, 0.717) is 12.1 Å². The Morgan fingerprint density at radius 1 is 1.09 bits per heavy atom. The van der Waals surface area contributed by atoms with Crippen LogP contribution in [-0.2, 0) is 13.0 Å². The molecular weight excluding hydrogens is 290 g/mol. The third kappa shape index (κ3) is 3.10. The maximum atomic E-state index is 9.57. The molecule has 0 atom stereocenters. The summed E-state index contributed by atoms with van der Waals surface area (Å²) < 4.78 is 7.00. The van der Waals surface area contributed by atoms with Crippen LogP contribution in [-0.4, -0.2) is 27.2 Å². The van der Waals surface area contributed by atoms with Crippen LogP contribution in [0.5, 0.6) is 5.75 Å². The van der Waals surface area contributed by atoms with Crippen LogP contribution in [0.4, 0.5) is 0 Å². The molecule has 0 radical (unpaired) electrons. The molecule has 1 N–H and O–H groups in total. The Labute approximate surface area is 135 Å². The number of rotatable bonds is 5. The van der Waals surface area contributed by atoms with Gasteiger partial charge in [-0.1, -0.05) is 35.5 Å². The Balaban J connectivity index is 2.00. The van der Waals surface area contributed by atoms with Crippen LogP contribution in [0.2, 0.25) is 0 Å². The second-order valence-electron chi connectivity index (χ2n) is 5.36. The highest BCUT2D eigenvalue weighted by atomic mass is 16.5. The van der Waals surface area contributed by atoms with Gasteiger partial charge in [-0.05, 0) is 36.2 Å². The van der Waals surface area contributed by atoms with Gasteiger partial charge in [-0.2, -0.15) is 0 Å². The molecule has 23 heavy (non-hydrogen) atoms. The van der Waals surface area contributed by atoms with E-state index < -0.39 is 0 Å². The number of para-hydroxylation sites is 1. The highest BCUT2D eigenvalue weighted by Crippen LogP contribution is 2.21. The molecule has 0 saturated carbocycles. The van der Waals surface area contributed by atoms with Gasteiger partial charge in [0.15, 0.2) is 0 Å². The first-order valence-electron chi connectivity index (χ1n) is 7.46. The summed E-state index contributed by atoms with van der Waals surface area (Å²) in [5.41, 5.74) is 4.69. The molecule has 0 spiro atoms. The zero-order valence-electron chi connectivity index (χ0n) is 13.2. The van der Waals surface area contributed by atoms with Crippen molar-refractivity contribution in [3.05, 3.63) is 71.0 Å². The number of hydrogen-bond acceptors (Lipinski definition) is 4. The summed E-state index contributed by atoms with van der Waals surface area (Å²) >= 11 is 0. The van der Waals surface area contributed by atoms with E-state index in [2.05, 4.69) is 10.3 Å². The Bertz CT molecular complexity index is 794. The predicted molar refractivity (Wildman–Crippen MR) is 87.8 cm³/mol. The number of aryl methyl sites for hydroxylation is 1. The number of aromatic nitrogens is 3. The van der Waals surface area contributed by atoms with E-state index >= 15 is 0 Å². The third-order valence-corrected chi connectivity index (χ3v) is 3.87. The van der Waals surface area contributed by atoms with Crippen molar-refractivity contribution >= 4 is 0 Å². The molecule has 0 saturated heterocycles. The van der Waals surface area contributed by atoms with Crippen LogP contribution < -0.4 is 4.74 Å². The summed E-state index contributed by atoms with van der Waals surface area (Å²) in [7, 11) is 1.65. The minimum absolute atomic E-state index is 0.128. The fourth-order valence-corrected chi connectivity index (χ4v) is 2.56. The minimum atomic E-state index is -0.128. The molecular formula is C18H19N3O2. The summed E-state index contributed by atoms with van der Waals surface area (Å²) in [4.78, 5) is 0. The van der Waals surface area contributed by atoms with Crippen LogP contribution in [0.25, 0.3) is 5.69 Å². The largest absolute Gasteiger partial charge is 0.497 e. The Morgan fingerprint density at radius 2 is 1.83 bits per heavy atom. The number of ether oxygens (including phenoxy) is 1. The molecule has 3 rings (SSSR count). The summed E-state index contributed by atoms with van der Waals surface area (Å²) in [6.45, 7) is 1.91. The van der Waals surface area contributed by atoms with Crippen LogP contribution in [0.15, 0.2) is 48.5 Å². The van der Waals surface area contributed by atoms with Gasteiger partial charge < -0.3 is 9.84 Å².